The van der Waals surface area contributed by atoms with Crippen molar-refractivity contribution in [2.45, 2.75) is 0 Å². The highest BCUT2D eigenvalue weighted by Crippen LogP contribution is 2.22. The fourth-order valence-corrected chi connectivity index (χ4v) is 1.50. The Kier molecular flexibility index (Phi) is 3.43. The minimum atomic E-state index is -1.11. The topological polar surface area (TPSA) is 62.2 Å². The van der Waals surface area contributed by atoms with Gasteiger partial charge in [-0.15, -0.1) is 0 Å². The standard InChI is InChI=1S/C12H8ClFN2O2/c13-7-1-3-10(9(14)5-7)16-8-2-4-11(12(17)18)15-6-8/h1-6,16H,(H,17,18). The maximum Gasteiger partial charge on any atom is 0.354 e. The molecule has 92 valence electrons. The predicted octanol–water partition coefficient (Wildman–Crippen LogP) is 3.32. The second kappa shape index (κ2) is 5.01. The number of carboxylic acids is 1. The molecule has 0 saturated heterocycles. The van der Waals surface area contributed by atoms with Gasteiger partial charge in [-0.2, -0.15) is 0 Å². The molecule has 0 aliphatic rings. The van der Waals surface area contributed by atoms with E-state index in [0.717, 1.165) is 0 Å². The van der Waals surface area contributed by atoms with Gasteiger partial charge in [-0.3, -0.25) is 0 Å². The van der Waals surface area contributed by atoms with Gasteiger partial charge in [0.05, 0.1) is 17.6 Å². The number of pyridine rings is 1. The molecule has 2 rings (SSSR count). The van der Waals surface area contributed by atoms with Crippen molar-refractivity contribution in [3.05, 3.63) is 53.1 Å². The Morgan fingerprint density at radius 3 is 2.67 bits per heavy atom. The van der Waals surface area contributed by atoms with E-state index < -0.39 is 11.8 Å². The lowest BCUT2D eigenvalue weighted by Gasteiger charge is -2.07. The van der Waals surface area contributed by atoms with Crippen molar-refractivity contribution < 1.29 is 14.3 Å². The quantitative estimate of drug-likeness (QED) is 0.895. The Morgan fingerprint density at radius 2 is 2.11 bits per heavy atom. The number of nitrogens with one attached hydrogen (secondary N) is 1. The summed E-state index contributed by atoms with van der Waals surface area (Å²) in [5, 5.41) is 11.8. The maximum atomic E-state index is 13.5. The van der Waals surface area contributed by atoms with E-state index in [1.807, 2.05) is 0 Å². The smallest absolute Gasteiger partial charge is 0.354 e. The Hall–Kier alpha value is -2.14. The average Bonchev–Trinajstić information content (AvgIpc) is 2.33. The summed E-state index contributed by atoms with van der Waals surface area (Å²) in [6.07, 6.45) is 1.32. The van der Waals surface area contributed by atoms with Crippen molar-refractivity contribution in [3.63, 3.8) is 0 Å². The minimum Gasteiger partial charge on any atom is -0.477 e. The van der Waals surface area contributed by atoms with Crippen molar-refractivity contribution in [1.82, 2.24) is 4.98 Å². The SMILES string of the molecule is O=C(O)c1ccc(Nc2ccc(Cl)cc2F)cn1. The van der Waals surface area contributed by atoms with E-state index in [1.54, 1.807) is 6.07 Å². The number of aromatic nitrogens is 1. The van der Waals surface area contributed by atoms with Crippen molar-refractivity contribution >= 4 is 28.9 Å². The third-order valence-electron chi connectivity index (χ3n) is 2.19. The molecule has 0 unspecified atom stereocenters. The molecule has 0 atom stereocenters. The van der Waals surface area contributed by atoms with Crippen molar-refractivity contribution in [3.8, 4) is 0 Å². The van der Waals surface area contributed by atoms with Crippen LogP contribution in [0.5, 0.6) is 0 Å². The molecule has 4 nitrogen and oxygen atoms in total. The highest BCUT2D eigenvalue weighted by atomic mass is 35.5. The van der Waals surface area contributed by atoms with Crippen LogP contribution in [0, 0.1) is 5.82 Å². The minimum absolute atomic E-state index is 0.0721. The molecule has 0 radical (unpaired) electrons. The van der Waals surface area contributed by atoms with E-state index in [9.17, 15) is 9.18 Å². The summed E-state index contributed by atoms with van der Waals surface area (Å²) < 4.78 is 13.5. The normalized spacial score (nSPS) is 10.1. The van der Waals surface area contributed by atoms with Crippen molar-refractivity contribution in [2.75, 3.05) is 5.32 Å². The van der Waals surface area contributed by atoms with Crippen LogP contribution in [0.2, 0.25) is 5.02 Å². The van der Waals surface area contributed by atoms with E-state index in [2.05, 4.69) is 10.3 Å². The number of hydrogen-bond donors (Lipinski definition) is 2. The summed E-state index contributed by atoms with van der Waals surface area (Å²) in [7, 11) is 0. The van der Waals surface area contributed by atoms with Gasteiger partial charge in [-0.1, -0.05) is 11.6 Å². The number of hydrogen-bond acceptors (Lipinski definition) is 3. The average molecular weight is 267 g/mol. The lowest BCUT2D eigenvalue weighted by Crippen LogP contribution is -2.01. The van der Waals surface area contributed by atoms with Crippen LogP contribution in [-0.4, -0.2) is 16.1 Å². The summed E-state index contributed by atoms with van der Waals surface area (Å²) in [5.41, 5.74) is 0.655. The Labute approximate surface area is 107 Å². The fraction of sp³-hybridized carbons (Fsp3) is 0. The van der Waals surface area contributed by atoms with Gasteiger partial charge < -0.3 is 10.4 Å². The third kappa shape index (κ3) is 2.75. The molecule has 1 aromatic carbocycles. The highest BCUT2D eigenvalue weighted by molar-refractivity contribution is 6.30. The van der Waals surface area contributed by atoms with Gasteiger partial charge in [-0.05, 0) is 30.3 Å². The number of rotatable bonds is 3. The van der Waals surface area contributed by atoms with Crippen LogP contribution in [0.15, 0.2) is 36.5 Å². The van der Waals surface area contributed by atoms with Gasteiger partial charge in [0.2, 0.25) is 0 Å². The maximum absolute atomic E-state index is 13.5. The lowest BCUT2D eigenvalue weighted by molar-refractivity contribution is 0.0690. The van der Waals surface area contributed by atoms with Crippen LogP contribution in [0.25, 0.3) is 0 Å². The zero-order chi connectivity index (χ0) is 13.1. The molecule has 0 spiro atoms. The molecule has 18 heavy (non-hydrogen) atoms. The first kappa shape index (κ1) is 12.3. The molecule has 6 heteroatoms. The van der Waals surface area contributed by atoms with Gasteiger partial charge in [0.25, 0.3) is 0 Å². The van der Waals surface area contributed by atoms with Crippen LogP contribution in [-0.2, 0) is 0 Å². The number of benzene rings is 1. The summed E-state index contributed by atoms with van der Waals surface area (Å²) in [5.74, 6) is -1.61. The Balaban J connectivity index is 2.21. The van der Waals surface area contributed by atoms with E-state index in [4.69, 9.17) is 16.7 Å². The second-order valence-electron chi connectivity index (χ2n) is 3.49. The van der Waals surface area contributed by atoms with Gasteiger partial charge in [0.1, 0.15) is 11.5 Å². The van der Waals surface area contributed by atoms with Gasteiger partial charge in [-0.25, -0.2) is 14.2 Å². The molecule has 0 amide bonds. The number of carboxylic acid groups (broad SMARTS) is 1. The monoisotopic (exact) mass is 266 g/mol. The number of nitrogens with zero attached hydrogens (tertiary/aromatic N) is 1. The molecule has 0 aliphatic carbocycles. The molecule has 2 N–H and O–H groups in total. The van der Waals surface area contributed by atoms with Crippen molar-refractivity contribution in [2.24, 2.45) is 0 Å². The summed E-state index contributed by atoms with van der Waals surface area (Å²) in [6, 6.07) is 7.06. The highest BCUT2D eigenvalue weighted by Gasteiger charge is 2.06. The number of halogens is 2. The molecular weight excluding hydrogens is 259 g/mol. The van der Waals surface area contributed by atoms with Gasteiger partial charge in [0, 0.05) is 5.02 Å². The molecule has 0 saturated carbocycles. The Bertz CT molecular complexity index is 587. The van der Waals surface area contributed by atoms with Crippen LogP contribution < -0.4 is 5.32 Å². The summed E-state index contributed by atoms with van der Waals surface area (Å²) in [6.45, 7) is 0. The van der Waals surface area contributed by atoms with Crippen molar-refractivity contribution in [1.29, 1.82) is 0 Å². The largest absolute Gasteiger partial charge is 0.477 e. The number of carbonyl (C=O) groups is 1. The Morgan fingerprint density at radius 1 is 1.33 bits per heavy atom. The number of anilines is 2. The molecule has 0 fully saturated rings. The zero-order valence-corrected chi connectivity index (χ0v) is 9.78. The van der Waals surface area contributed by atoms with Crippen LogP contribution >= 0.6 is 11.6 Å². The first-order chi connectivity index (χ1) is 8.56. The summed E-state index contributed by atoms with van der Waals surface area (Å²) >= 11 is 5.63. The fourth-order valence-electron chi connectivity index (χ4n) is 1.34. The third-order valence-corrected chi connectivity index (χ3v) is 2.43. The first-order valence-electron chi connectivity index (χ1n) is 4.97. The van der Waals surface area contributed by atoms with E-state index in [-0.39, 0.29) is 11.4 Å². The summed E-state index contributed by atoms with van der Waals surface area (Å²) in [4.78, 5) is 14.3. The molecule has 0 bridgehead atoms. The molecule has 0 aliphatic heterocycles. The molecular formula is C12H8ClFN2O2. The van der Waals surface area contributed by atoms with E-state index in [1.165, 1.54) is 30.5 Å². The van der Waals surface area contributed by atoms with Crippen LogP contribution in [0.4, 0.5) is 15.8 Å². The van der Waals surface area contributed by atoms with E-state index in [0.29, 0.717) is 10.7 Å². The predicted molar refractivity (Wildman–Crippen MR) is 65.9 cm³/mol. The first-order valence-corrected chi connectivity index (χ1v) is 5.35. The van der Waals surface area contributed by atoms with Gasteiger partial charge >= 0.3 is 5.97 Å². The molecule has 1 aromatic heterocycles. The molecule has 1 heterocycles. The second-order valence-corrected chi connectivity index (χ2v) is 3.92. The number of aromatic carboxylic acids is 1. The molecule has 2 aromatic rings. The van der Waals surface area contributed by atoms with Gasteiger partial charge in [0.15, 0.2) is 0 Å². The van der Waals surface area contributed by atoms with Crippen LogP contribution in [0.1, 0.15) is 10.5 Å². The lowest BCUT2D eigenvalue weighted by atomic mass is 10.3. The van der Waals surface area contributed by atoms with Crippen LogP contribution in [0.3, 0.4) is 0 Å². The zero-order valence-electron chi connectivity index (χ0n) is 9.02. The van der Waals surface area contributed by atoms with E-state index >= 15 is 0 Å².